The number of carboxylic acid groups (broad SMARTS) is 1. The molecule has 0 aliphatic carbocycles. The van der Waals surface area contributed by atoms with E-state index in [2.05, 4.69) is 15.2 Å². The van der Waals surface area contributed by atoms with Gasteiger partial charge in [-0.1, -0.05) is 42.5 Å². The van der Waals surface area contributed by atoms with E-state index in [4.69, 9.17) is 5.11 Å². The molecule has 1 aromatic heterocycles. The maximum absolute atomic E-state index is 13.1. The third-order valence-corrected chi connectivity index (χ3v) is 5.00. The van der Waals surface area contributed by atoms with Crippen LogP contribution < -0.4 is 10.1 Å². The average molecular weight is 469 g/mol. The maximum atomic E-state index is 13.1. The van der Waals surface area contributed by atoms with Crippen LogP contribution in [0.15, 0.2) is 72.8 Å². The van der Waals surface area contributed by atoms with Crippen LogP contribution in [0.3, 0.4) is 0 Å². The molecule has 7 nitrogen and oxygen atoms in total. The van der Waals surface area contributed by atoms with E-state index in [1.165, 1.54) is 41.1 Å². The zero-order chi connectivity index (χ0) is 24.3. The Hall–Kier alpha value is -4.34. The molecule has 3 aromatic carbocycles. The Morgan fingerprint density at radius 1 is 0.941 bits per heavy atom. The zero-order valence-corrected chi connectivity index (χ0v) is 17.5. The maximum Gasteiger partial charge on any atom is 0.573 e. The number of carboxylic acids is 1. The predicted octanol–water partition coefficient (Wildman–Crippen LogP) is 4.61. The van der Waals surface area contributed by atoms with Crippen LogP contribution in [0, 0.1) is 0 Å². The van der Waals surface area contributed by atoms with Gasteiger partial charge in [0.2, 0.25) is 0 Å². The summed E-state index contributed by atoms with van der Waals surface area (Å²) in [6.07, 6.45) is -4.78. The third-order valence-electron chi connectivity index (χ3n) is 5.00. The molecular formula is C24H18F3N3O4. The molecule has 0 aliphatic rings. The largest absolute Gasteiger partial charge is 0.573 e. The minimum absolute atomic E-state index is 0.144. The van der Waals surface area contributed by atoms with Gasteiger partial charge in [0.05, 0.1) is 17.6 Å². The monoisotopic (exact) mass is 469 g/mol. The van der Waals surface area contributed by atoms with Crippen LogP contribution in [0.5, 0.6) is 5.75 Å². The van der Waals surface area contributed by atoms with Gasteiger partial charge >= 0.3 is 12.3 Å². The molecule has 0 atom stereocenters. The number of amides is 1. The van der Waals surface area contributed by atoms with Crippen LogP contribution in [0.1, 0.15) is 32.0 Å². The van der Waals surface area contributed by atoms with Crippen LogP contribution in [0.2, 0.25) is 0 Å². The second-order valence-corrected chi connectivity index (χ2v) is 7.40. The van der Waals surface area contributed by atoms with E-state index in [1.54, 1.807) is 36.4 Å². The fourth-order valence-corrected chi connectivity index (χ4v) is 3.43. The number of benzene rings is 3. The summed E-state index contributed by atoms with van der Waals surface area (Å²) in [6.45, 7) is 0.318. The lowest BCUT2D eigenvalue weighted by Crippen LogP contribution is -2.26. The summed E-state index contributed by atoms with van der Waals surface area (Å²) < 4.78 is 42.6. The second-order valence-electron chi connectivity index (χ2n) is 7.40. The first-order valence-corrected chi connectivity index (χ1v) is 10.1. The first-order chi connectivity index (χ1) is 16.2. The van der Waals surface area contributed by atoms with Crippen molar-refractivity contribution in [1.82, 2.24) is 15.1 Å². The van der Waals surface area contributed by atoms with Crippen LogP contribution in [-0.4, -0.2) is 33.1 Å². The summed E-state index contributed by atoms with van der Waals surface area (Å²) in [5.74, 6) is -1.77. The van der Waals surface area contributed by atoms with Gasteiger partial charge in [0, 0.05) is 11.9 Å². The van der Waals surface area contributed by atoms with Crippen LogP contribution >= 0.6 is 0 Å². The second kappa shape index (κ2) is 9.26. The van der Waals surface area contributed by atoms with E-state index >= 15 is 0 Å². The molecule has 1 amide bonds. The Balaban J connectivity index is 1.55. The molecule has 0 saturated carbocycles. The van der Waals surface area contributed by atoms with E-state index < -0.39 is 18.2 Å². The zero-order valence-electron chi connectivity index (χ0n) is 17.5. The molecular weight excluding hydrogens is 451 g/mol. The van der Waals surface area contributed by atoms with Crippen LogP contribution in [-0.2, 0) is 13.1 Å². The smallest absolute Gasteiger partial charge is 0.478 e. The molecule has 1 heterocycles. The minimum atomic E-state index is -4.78. The molecule has 0 unspecified atom stereocenters. The Labute approximate surface area is 191 Å². The quantitative estimate of drug-likeness (QED) is 0.412. The molecule has 174 valence electrons. The van der Waals surface area contributed by atoms with Crippen molar-refractivity contribution >= 4 is 22.8 Å². The van der Waals surface area contributed by atoms with Crippen LogP contribution in [0.25, 0.3) is 10.9 Å². The number of nitrogens with one attached hydrogen (secondary N) is 1. The van der Waals surface area contributed by atoms with Crippen molar-refractivity contribution in [2.75, 3.05) is 0 Å². The van der Waals surface area contributed by atoms with Crippen molar-refractivity contribution < 1.29 is 32.6 Å². The summed E-state index contributed by atoms with van der Waals surface area (Å²) >= 11 is 0. The number of alkyl halides is 3. The molecule has 0 spiro atoms. The lowest BCUT2D eigenvalue weighted by atomic mass is 10.1. The van der Waals surface area contributed by atoms with Crippen LogP contribution in [0.4, 0.5) is 13.2 Å². The molecule has 0 bridgehead atoms. The van der Waals surface area contributed by atoms with Gasteiger partial charge in [-0.05, 0) is 41.5 Å². The number of halogens is 3. The highest BCUT2D eigenvalue weighted by Gasteiger charge is 2.31. The number of nitrogens with zero attached hydrogens (tertiary/aromatic N) is 2. The van der Waals surface area contributed by atoms with Crippen molar-refractivity contribution in [3.63, 3.8) is 0 Å². The molecule has 4 aromatic rings. The van der Waals surface area contributed by atoms with Gasteiger partial charge in [-0.25, -0.2) is 4.79 Å². The van der Waals surface area contributed by atoms with E-state index in [0.29, 0.717) is 27.7 Å². The molecule has 0 radical (unpaired) electrons. The summed E-state index contributed by atoms with van der Waals surface area (Å²) in [5.41, 5.74) is 2.38. The number of aromatic nitrogens is 2. The molecule has 10 heteroatoms. The van der Waals surface area contributed by atoms with Gasteiger partial charge in [-0.2, -0.15) is 5.10 Å². The van der Waals surface area contributed by atoms with E-state index in [1.807, 2.05) is 0 Å². The van der Waals surface area contributed by atoms with Crippen molar-refractivity contribution in [2.24, 2.45) is 0 Å². The van der Waals surface area contributed by atoms with Gasteiger partial charge in [0.25, 0.3) is 5.91 Å². The molecule has 0 fully saturated rings. The number of hydrogen-bond acceptors (Lipinski definition) is 4. The van der Waals surface area contributed by atoms with E-state index in [0.717, 1.165) is 0 Å². The summed E-state index contributed by atoms with van der Waals surface area (Å²) in [5, 5.41) is 16.9. The SMILES string of the molecule is O=C(O)c1ccc(CNC(=O)c2c3ccccc3nn2Cc2ccc(OC(F)(F)F)cc2)cc1. The summed E-state index contributed by atoms with van der Waals surface area (Å²) in [7, 11) is 0. The Bertz CT molecular complexity index is 1330. The summed E-state index contributed by atoms with van der Waals surface area (Å²) in [4.78, 5) is 24.1. The fourth-order valence-electron chi connectivity index (χ4n) is 3.43. The highest BCUT2D eigenvalue weighted by Crippen LogP contribution is 2.24. The number of fused-ring (bicyclic) bond motifs is 1. The van der Waals surface area contributed by atoms with Crippen molar-refractivity contribution in [3.8, 4) is 5.75 Å². The number of hydrogen-bond donors (Lipinski definition) is 2. The average Bonchev–Trinajstić information content (AvgIpc) is 3.16. The first kappa shape index (κ1) is 22.8. The van der Waals surface area contributed by atoms with Gasteiger partial charge in [-0.3, -0.25) is 9.48 Å². The lowest BCUT2D eigenvalue weighted by Gasteiger charge is -2.11. The number of rotatable bonds is 7. The van der Waals surface area contributed by atoms with Crippen molar-refractivity contribution in [3.05, 3.63) is 95.2 Å². The highest BCUT2D eigenvalue weighted by molar-refractivity contribution is 6.05. The lowest BCUT2D eigenvalue weighted by molar-refractivity contribution is -0.274. The van der Waals surface area contributed by atoms with Crippen molar-refractivity contribution in [1.29, 1.82) is 0 Å². The highest BCUT2D eigenvalue weighted by atomic mass is 19.4. The molecule has 4 rings (SSSR count). The third kappa shape index (κ3) is 5.34. The van der Waals surface area contributed by atoms with Gasteiger partial charge in [-0.15, -0.1) is 13.2 Å². The van der Waals surface area contributed by atoms with Gasteiger partial charge in [0.15, 0.2) is 0 Å². The first-order valence-electron chi connectivity index (χ1n) is 10.1. The predicted molar refractivity (Wildman–Crippen MR) is 117 cm³/mol. The number of ether oxygens (including phenoxy) is 1. The van der Waals surface area contributed by atoms with Gasteiger partial charge in [0.1, 0.15) is 11.4 Å². The van der Waals surface area contributed by atoms with E-state index in [-0.39, 0.29) is 24.4 Å². The number of aromatic carboxylic acids is 1. The van der Waals surface area contributed by atoms with Crippen molar-refractivity contribution in [2.45, 2.75) is 19.5 Å². The standard InChI is InChI=1S/C24H18F3N3O4/c25-24(26,27)34-18-11-7-16(8-12-18)14-30-21(19-3-1-2-4-20(19)29-30)22(31)28-13-15-5-9-17(10-6-15)23(32)33/h1-12H,13-14H2,(H,28,31)(H,32,33). The Morgan fingerprint density at radius 3 is 2.24 bits per heavy atom. The van der Waals surface area contributed by atoms with E-state index in [9.17, 15) is 22.8 Å². The Kier molecular flexibility index (Phi) is 6.22. The topological polar surface area (TPSA) is 93.5 Å². The number of carbonyl (C=O) groups is 2. The normalized spacial score (nSPS) is 11.4. The fraction of sp³-hybridized carbons (Fsp3) is 0.125. The molecule has 34 heavy (non-hydrogen) atoms. The van der Waals surface area contributed by atoms with Gasteiger partial charge < -0.3 is 15.2 Å². The Morgan fingerprint density at radius 2 is 1.59 bits per heavy atom. The molecule has 0 saturated heterocycles. The molecule has 0 aliphatic heterocycles. The minimum Gasteiger partial charge on any atom is -0.478 e. The number of carbonyl (C=O) groups excluding carboxylic acids is 1. The summed E-state index contributed by atoms with van der Waals surface area (Å²) in [6, 6.07) is 18.6. The molecule has 2 N–H and O–H groups in total.